The van der Waals surface area contributed by atoms with Crippen molar-refractivity contribution in [2.45, 2.75) is 0 Å². The predicted octanol–water partition coefficient (Wildman–Crippen LogP) is 5.02. The molecule has 134 valence electrons. The number of pyridine rings is 1. The molecular formula is C21H16BrN3O2. The van der Waals surface area contributed by atoms with Gasteiger partial charge in [0.1, 0.15) is 11.4 Å². The van der Waals surface area contributed by atoms with Gasteiger partial charge in [0.25, 0.3) is 5.91 Å². The maximum atomic E-state index is 12.5. The summed E-state index contributed by atoms with van der Waals surface area (Å²) in [5.74, 6) is 0.334. The minimum absolute atomic E-state index is 0.210. The Morgan fingerprint density at radius 3 is 2.59 bits per heavy atom. The van der Waals surface area contributed by atoms with E-state index in [4.69, 9.17) is 4.74 Å². The van der Waals surface area contributed by atoms with E-state index in [1.807, 2.05) is 65.3 Å². The van der Waals surface area contributed by atoms with E-state index in [1.54, 1.807) is 19.2 Å². The number of aromatic nitrogens is 2. The third kappa shape index (κ3) is 3.57. The summed E-state index contributed by atoms with van der Waals surface area (Å²) in [6.45, 7) is 0. The molecule has 6 heteroatoms. The number of halogens is 1. The number of carbonyl (C=O) groups is 1. The maximum Gasteiger partial charge on any atom is 0.259 e. The van der Waals surface area contributed by atoms with Crippen molar-refractivity contribution in [1.82, 2.24) is 9.38 Å². The minimum Gasteiger partial charge on any atom is -0.496 e. The largest absolute Gasteiger partial charge is 0.496 e. The molecule has 1 amide bonds. The van der Waals surface area contributed by atoms with Crippen LogP contribution in [0, 0.1) is 0 Å². The summed E-state index contributed by atoms with van der Waals surface area (Å²) in [4.78, 5) is 17.1. The van der Waals surface area contributed by atoms with Crippen molar-refractivity contribution < 1.29 is 9.53 Å². The lowest BCUT2D eigenvalue weighted by Gasteiger charge is -2.09. The number of nitrogens with zero attached hydrogens (tertiary/aromatic N) is 2. The van der Waals surface area contributed by atoms with Gasteiger partial charge in [-0.25, -0.2) is 4.98 Å². The molecule has 0 saturated carbocycles. The van der Waals surface area contributed by atoms with Crippen LogP contribution in [-0.4, -0.2) is 22.4 Å². The fourth-order valence-corrected chi connectivity index (χ4v) is 3.21. The average Bonchev–Trinajstić information content (AvgIpc) is 3.11. The Hall–Kier alpha value is -3.12. The number of methoxy groups -OCH3 is 1. The number of hydrogen-bond acceptors (Lipinski definition) is 3. The van der Waals surface area contributed by atoms with Crippen molar-refractivity contribution in [2.75, 3.05) is 12.4 Å². The lowest BCUT2D eigenvalue weighted by molar-refractivity contribution is 0.102. The van der Waals surface area contributed by atoms with Crippen molar-refractivity contribution in [3.05, 3.63) is 83.1 Å². The standard InChI is InChI=1S/C21H16BrN3O2/c1-27-19-5-3-2-4-17(19)21(26)23-16-9-6-14(7-10-16)18-13-25-12-15(22)8-11-20(25)24-18/h2-13H,1H3,(H,23,26). The number of ether oxygens (including phenoxy) is 1. The van der Waals surface area contributed by atoms with Gasteiger partial charge < -0.3 is 14.5 Å². The number of nitrogens with one attached hydrogen (secondary N) is 1. The molecule has 1 N–H and O–H groups in total. The lowest BCUT2D eigenvalue weighted by atomic mass is 10.1. The van der Waals surface area contributed by atoms with E-state index in [9.17, 15) is 4.79 Å². The zero-order chi connectivity index (χ0) is 18.8. The first-order valence-corrected chi connectivity index (χ1v) is 9.12. The Morgan fingerprint density at radius 1 is 1.04 bits per heavy atom. The van der Waals surface area contributed by atoms with Gasteiger partial charge in [-0.3, -0.25) is 4.79 Å². The summed E-state index contributed by atoms with van der Waals surface area (Å²) >= 11 is 3.46. The van der Waals surface area contributed by atoms with Crippen LogP contribution in [0.1, 0.15) is 10.4 Å². The molecule has 0 fully saturated rings. The van der Waals surface area contributed by atoms with Gasteiger partial charge in [0.05, 0.1) is 18.4 Å². The molecule has 0 radical (unpaired) electrons. The van der Waals surface area contributed by atoms with Gasteiger partial charge in [0, 0.05) is 28.1 Å². The van der Waals surface area contributed by atoms with E-state index in [0.717, 1.165) is 21.4 Å². The number of para-hydroxylation sites is 1. The zero-order valence-electron chi connectivity index (χ0n) is 14.5. The molecule has 0 aliphatic heterocycles. The van der Waals surface area contributed by atoms with Gasteiger partial charge in [0.15, 0.2) is 0 Å². The quantitative estimate of drug-likeness (QED) is 0.502. The lowest BCUT2D eigenvalue weighted by Crippen LogP contribution is -2.12. The van der Waals surface area contributed by atoms with E-state index in [1.165, 1.54) is 0 Å². The highest BCUT2D eigenvalue weighted by Gasteiger charge is 2.12. The van der Waals surface area contributed by atoms with Crippen LogP contribution < -0.4 is 10.1 Å². The summed E-state index contributed by atoms with van der Waals surface area (Å²) in [6.07, 6.45) is 3.94. The van der Waals surface area contributed by atoms with Crippen molar-refractivity contribution in [3.63, 3.8) is 0 Å². The van der Waals surface area contributed by atoms with Crippen LogP contribution in [-0.2, 0) is 0 Å². The van der Waals surface area contributed by atoms with Gasteiger partial charge in [-0.2, -0.15) is 0 Å². The molecule has 0 aliphatic rings. The number of benzene rings is 2. The average molecular weight is 422 g/mol. The summed E-state index contributed by atoms with van der Waals surface area (Å²) in [5, 5.41) is 2.89. The van der Waals surface area contributed by atoms with Gasteiger partial charge in [-0.15, -0.1) is 0 Å². The summed E-state index contributed by atoms with van der Waals surface area (Å²) in [6, 6.07) is 18.7. The highest BCUT2D eigenvalue weighted by atomic mass is 79.9. The molecule has 0 unspecified atom stereocenters. The number of carbonyl (C=O) groups excluding carboxylic acids is 1. The topological polar surface area (TPSA) is 55.6 Å². The van der Waals surface area contributed by atoms with Gasteiger partial charge in [0.2, 0.25) is 0 Å². The normalized spacial score (nSPS) is 10.7. The molecule has 2 aromatic heterocycles. The van der Waals surface area contributed by atoms with Gasteiger partial charge in [-0.05, 0) is 52.3 Å². The fourth-order valence-electron chi connectivity index (χ4n) is 2.86. The first-order valence-electron chi connectivity index (χ1n) is 8.33. The van der Waals surface area contributed by atoms with Crippen LogP contribution >= 0.6 is 15.9 Å². The smallest absolute Gasteiger partial charge is 0.259 e. The summed E-state index contributed by atoms with van der Waals surface area (Å²) < 4.78 is 8.21. The van der Waals surface area contributed by atoms with Crippen molar-refractivity contribution >= 4 is 33.2 Å². The monoisotopic (exact) mass is 421 g/mol. The second-order valence-electron chi connectivity index (χ2n) is 5.97. The molecule has 0 bridgehead atoms. The van der Waals surface area contributed by atoms with Crippen molar-refractivity contribution in [1.29, 1.82) is 0 Å². The Bertz CT molecular complexity index is 1120. The van der Waals surface area contributed by atoms with E-state index in [0.29, 0.717) is 17.0 Å². The molecule has 4 aromatic rings. The van der Waals surface area contributed by atoms with Gasteiger partial charge >= 0.3 is 0 Å². The molecule has 2 heterocycles. The summed E-state index contributed by atoms with van der Waals surface area (Å²) in [7, 11) is 1.55. The number of imidazole rings is 1. The molecule has 0 atom stereocenters. The van der Waals surface area contributed by atoms with E-state index in [-0.39, 0.29) is 5.91 Å². The summed E-state index contributed by atoms with van der Waals surface area (Å²) in [5.41, 5.74) is 3.93. The highest BCUT2D eigenvalue weighted by Crippen LogP contribution is 2.24. The van der Waals surface area contributed by atoms with Crippen LogP contribution in [0.2, 0.25) is 0 Å². The van der Waals surface area contributed by atoms with Crippen molar-refractivity contribution in [3.8, 4) is 17.0 Å². The fraction of sp³-hybridized carbons (Fsp3) is 0.0476. The number of fused-ring (bicyclic) bond motifs is 1. The predicted molar refractivity (Wildman–Crippen MR) is 109 cm³/mol. The number of hydrogen-bond donors (Lipinski definition) is 1. The molecule has 0 spiro atoms. The number of amides is 1. The van der Waals surface area contributed by atoms with Crippen LogP contribution in [0.5, 0.6) is 5.75 Å². The van der Waals surface area contributed by atoms with E-state index < -0.39 is 0 Å². The Kier molecular flexibility index (Phi) is 4.64. The van der Waals surface area contributed by atoms with E-state index in [2.05, 4.69) is 26.2 Å². The number of rotatable bonds is 4. The second-order valence-corrected chi connectivity index (χ2v) is 6.89. The van der Waals surface area contributed by atoms with Crippen LogP contribution in [0.15, 0.2) is 77.5 Å². The Labute approximate surface area is 164 Å². The third-order valence-electron chi connectivity index (χ3n) is 4.21. The Morgan fingerprint density at radius 2 is 1.81 bits per heavy atom. The van der Waals surface area contributed by atoms with Gasteiger partial charge in [-0.1, -0.05) is 24.3 Å². The highest BCUT2D eigenvalue weighted by molar-refractivity contribution is 9.10. The van der Waals surface area contributed by atoms with Crippen LogP contribution in [0.4, 0.5) is 5.69 Å². The van der Waals surface area contributed by atoms with Crippen molar-refractivity contribution in [2.24, 2.45) is 0 Å². The molecular weight excluding hydrogens is 406 g/mol. The molecule has 2 aromatic carbocycles. The van der Waals surface area contributed by atoms with Crippen LogP contribution in [0.3, 0.4) is 0 Å². The second kappa shape index (κ2) is 7.25. The Balaban J connectivity index is 1.55. The zero-order valence-corrected chi connectivity index (χ0v) is 16.1. The van der Waals surface area contributed by atoms with E-state index >= 15 is 0 Å². The molecule has 0 saturated heterocycles. The minimum atomic E-state index is -0.210. The number of anilines is 1. The van der Waals surface area contributed by atoms with Crippen LogP contribution in [0.25, 0.3) is 16.9 Å². The first-order chi connectivity index (χ1) is 13.1. The maximum absolute atomic E-state index is 12.5. The first kappa shape index (κ1) is 17.3. The third-order valence-corrected chi connectivity index (χ3v) is 4.67. The SMILES string of the molecule is COc1ccccc1C(=O)Nc1ccc(-c2cn3cc(Br)ccc3n2)cc1. The molecule has 5 nitrogen and oxygen atoms in total. The molecule has 0 aliphatic carbocycles. The molecule has 4 rings (SSSR count). The molecule has 27 heavy (non-hydrogen) atoms.